The van der Waals surface area contributed by atoms with Crippen molar-refractivity contribution in [2.45, 2.75) is 19.8 Å². The van der Waals surface area contributed by atoms with E-state index in [9.17, 15) is 0 Å². The summed E-state index contributed by atoms with van der Waals surface area (Å²) in [5.41, 5.74) is 2.16. The molecular formula is C13H13BrN2. The quantitative estimate of drug-likeness (QED) is 0.828. The number of hydrogen-bond donors (Lipinski definition) is 0. The highest BCUT2D eigenvalue weighted by Gasteiger charge is 2.05. The molecule has 0 spiro atoms. The minimum Gasteiger partial charge on any atom is -0.240 e. The van der Waals surface area contributed by atoms with Crippen molar-refractivity contribution in [3.05, 3.63) is 47.0 Å². The summed E-state index contributed by atoms with van der Waals surface area (Å²) in [7, 11) is 0. The van der Waals surface area contributed by atoms with Crippen LogP contribution in [0.25, 0.3) is 11.1 Å². The summed E-state index contributed by atoms with van der Waals surface area (Å²) < 4.78 is 1.07. The average molecular weight is 277 g/mol. The van der Waals surface area contributed by atoms with E-state index in [2.05, 4.69) is 45.8 Å². The third-order valence-corrected chi connectivity index (χ3v) is 3.06. The third kappa shape index (κ3) is 2.30. The van der Waals surface area contributed by atoms with Gasteiger partial charge in [-0.15, -0.1) is 0 Å². The van der Waals surface area contributed by atoms with Gasteiger partial charge in [0.2, 0.25) is 0 Å². The molecule has 2 aromatic rings. The van der Waals surface area contributed by atoms with Gasteiger partial charge in [0.05, 0.1) is 0 Å². The zero-order valence-electron chi connectivity index (χ0n) is 9.31. The number of halogens is 1. The van der Waals surface area contributed by atoms with Gasteiger partial charge < -0.3 is 0 Å². The standard InChI is InChI=1S/C13H13BrN2/c1-9(2)13-15-7-10(8-16-13)11-5-3-4-6-12(11)14/h3-9H,1-2H3. The molecular weight excluding hydrogens is 264 g/mol. The van der Waals surface area contributed by atoms with E-state index in [1.165, 1.54) is 0 Å². The van der Waals surface area contributed by atoms with Gasteiger partial charge in [-0.3, -0.25) is 0 Å². The van der Waals surface area contributed by atoms with E-state index in [1.54, 1.807) is 0 Å². The molecule has 3 heteroatoms. The Morgan fingerprint density at radius 2 is 1.69 bits per heavy atom. The van der Waals surface area contributed by atoms with Gasteiger partial charge in [0.1, 0.15) is 5.82 Å². The van der Waals surface area contributed by atoms with Crippen LogP contribution in [0.15, 0.2) is 41.1 Å². The fourth-order valence-electron chi connectivity index (χ4n) is 1.47. The molecule has 0 unspecified atom stereocenters. The van der Waals surface area contributed by atoms with E-state index in [0.717, 1.165) is 21.4 Å². The van der Waals surface area contributed by atoms with Crippen molar-refractivity contribution in [1.29, 1.82) is 0 Å². The Morgan fingerprint density at radius 1 is 1.06 bits per heavy atom. The molecule has 1 aromatic heterocycles. The monoisotopic (exact) mass is 276 g/mol. The molecule has 0 aliphatic heterocycles. The molecule has 0 radical (unpaired) electrons. The molecule has 1 heterocycles. The third-order valence-electron chi connectivity index (χ3n) is 2.37. The van der Waals surface area contributed by atoms with Crippen LogP contribution in [0, 0.1) is 0 Å². The molecule has 2 nitrogen and oxygen atoms in total. The Balaban J connectivity index is 2.39. The first-order valence-electron chi connectivity index (χ1n) is 5.25. The Morgan fingerprint density at radius 3 is 2.25 bits per heavy atom. The summed E-state index contributed by atoms with van der Waals surface area (Å²) >= 11 is 3.52. The SMILES string of the molecule is CC(C)c1ncc(-c2ccccc2Br)cn1. The minimum atomic E-state index is 0.369. The molecule has 0 aliphatic rings. The molecule has 0 fully saturated rings. The second-order valence-corrected chi connectivity index (χ2v) is 4.82. The van der Waals surface area contributed by atoms with E-state index in [-0.39, 0.29) is 0 Å². The van der Waals surface area contributed by atoms with E-state index >= 15 is 0 Å². The highest BCUT2D eigenvalue weighted by molar-refractivity contribution is 9.10. The molecule has 0 amide bonds. The fraction of sp³-hybridized carbons (Fsp3) is 0.231. The van der Waals surface area contributed by atoms with Gasteiger partial charge in [-0.1, -0.05) is 48.0 Å². The first-order valence-corrected chi connectivity index (χ1v) is 6.04. The van der Waals surface area contributed by atoms with Gasteiger partial charge in [0.15, 0.2) is 0 Å². The summed E-state index contributed by atoms with van der Waals surface area (Å²) in [6.07, 6.45) is 3.75. The van der Waals surface area contributed by atoms with Crippen LogP contribution in [-0.2, 0) is 0 Å². The highest BCUT2D eigenvalue weighted by atomic mass is 79.9. The van der Waals surface area contributed by atoms with Crippen LogP contribution in [0.3, 0.4) is 0 Å². The van der Waals surface area contributed by atoms with Crippen LogP contribution < -0.4 is 0 Å². The summed E-state index contributed by atoms with van der Waals surface area (Å²) in [4.78, 5) is 8.73. The number of hydrogen-bond acceptors (Lipinski definition) is 2. The molecule has 1 aromatic carbocycles. The Hall–Kier alpha value is -1.22. The van der Waals surface area contributed by atoms with Crippen molar-refractivity contribution in [3.8, 4) is 11.1 Å². The lowest BCUT2D eigenvalue weighted by Crippen LogP contribution is -1.96. The number of benzene rings is 1. The van der Waals surface area contributed by atoms with Crippen molar-refractivity contribution in [2.75, 3.05) is 0 Å². The molecule has 0 saturated heterocycles. The van der Waals surface area contributed by atoms with E-state index in [4.69, 9.17) is 0 Å². The largest absolute Gasteiger partial charge is 0.240 e. The van der Waals surface area contributed by atoms with Crippen molar-refractivity contribution < 1.29 is 0 Å². The predicted molar refractivity (Wildman–Crippen MR) is 69.3 cm³/mol. The molecule has 0 atom stereocenters. The number of nitrogens with zero attached hydrogens (tertiary/aromatic N) is 2. The van der Waals surface area contributed by atoms with Crippen LogP contribution in [0.4, 0.5) is 0 Å². The van der Waals surface area contributed by atoms with E-state index < -0.39 is 0 Å². The van der Waals surface area contributed by atoms with Crippen LogP contribution >= 0.6 is 15.9 Å². The summed E-state index contributed by atoms with van der Waals surface area (Å²) in [6.45, 7) is 4.18. The van der Waals surface area contributed by atoms with Crippen molar-refractivity contribution in [3.63, 3.8) is 0 Å². The molecule has 0 aliphatic carbocycles. The number of aromatic nitrogens is 2. The topological polar surface area (TPSA) is 25.8 Å². The summed E-state index contributed by atoms with van der Waals surface area (Å²) in [5.74, 6) is 1.25. The smallest absolute Gasteiger partial charge is 0.130 e. The Bertz CT molecular complexity index is 478. The maximum Gasteiger partial charge on any atom is 0.130 e. The van der Waals surface area contributed by atoms with Crippen molar-refractivity contribution in [1.82, 2.24) is 9.97 Å². The highest BCUT2D eigenvalue weighted by Crippen LogP contribution is 2.26. The predicted octanol–water partition coefficient (Wildman–Crippen LogP) is 4.03. The molecule has 0 saturated carbocycles. The first-order chi connectivity index (χ1) is 7.68. The van der Waals surface area contributed by atoms with Crippen molar-refractivity contribution >= 4 is 15.9 Å². The fourth-order valence-corrected chi connectivity index (χ4v) is 1.98. The normalized spacial score (nSPS) is 10.8. The second-order valence-electron chi connectivity index (χ2n) is 3.96. The summed E-state index contributed by atoms with van der Waals surface area (Å²) in [5, 5.41) is 0. The lowest BCUT2D eigenvalue weighted by atomic mass is 10.1. The van der Waals surface area contributed by atoms with Crippen LogP contribution in [0.2, 0.25) is 0 Å². The zero-order valence-corrected chi connectivity index (χ0v) is 10.9. The molecule has 0 N–H and O–H groups in total. The Labute approximate surface area is 104 Å². The average Bonchev–Trinajstić information content (AvgIpc) is 2.30. The van der Waals surface area contributed by atoms with Gasteiger partial charge in [-0.05, 0) is 11.6 Å². The van der Waals surface area contributed by atoms with E-state index in [1.807, 2.05) is 30.6 Å². The van der Waals surface area contributed by atoms with Gasteiger partial charge in [0, 0.05) is 28.3 Å². The zero-order chi connectivity index (χ0) is 11.5. The van der Waals surface area contributed by atoms with Gasteiger partial charge >= 0.3 is 0 Å². The van der Waals surface area contributed by atoms with E-state index in [0.29, 0.717) is 5.92 Å². The van der Waals surface area contributed by atoms with Crippen LogP contribution in [-0.4, -0.2) is 9.97 Å². The number of rotatable bonds is 2. The molecule has 16 heavy (non-hydrogen) atoms. The maximum absolute atomic E-state index is 4.36. The lowest BCUT2D eigenvalue weighted by Gasteiger charge is -2.06. The van der Waals surface area contributed by atoms with Crippen molar-refractivity contribution in [2.24, 2.45) is 0 Å². The van der Waals surface area contributed by atoms with Gasteiger partial charge in [0.25, 0.3) is 0 Å². The Kier molecular flexibility index (Phi) is 3.34. The van der Waals surface area contributed by atoms with Gasteiger partial charge in [-0.2, -0.15) is 0 Å². The van der Waals surface area contributed by atoms with Gasteiger partial charge in [-0.25, -0.2) is 9.97 Å². The maximum atomic E-state index is 4.36. The van der Waals surface area contributed by atoms with Crippen LogP contribution in [0.1, 0.15) is 25.6 Å². The molecule has 2 rings (SSSR count). The molecule has 82 valence electrons. The summed E-state index contributed by atoms with van der Waals surface area (Å²) in [6, 6.07) is 8.08. The molecule has 0 bridgehead atoms. The minimum absolute atomic E-state index is 0.369. The first kappa shape index (κ1) is 11.3. The lowest BCUT2D eigenvalue weighted by molar-refractivity contribution is 0.775. The van der Waals surface area contributed by atoms with Crippen LogP contribution in [0.5, 0.6) is 0 Å². The second kappa shape index (κ2) is 4.74.